The quantitative estimate of drug-likeness (QED) is 0.870. The zero-order chi connectivity index (χ0) is 12.5. The molecule has 0 saturated heterocycles. The number of aryl methyl sites for hydroxylation is 1. The van der Waals surface area contributed by atoms with Gasteiger partial charge in [0.1, 0.15) is 0 Å². The number of carbonyl (C=O) groups is 1. The molecule has 4 heteroatoms. The van der Waals surface area contributed by atoms with Gasteiger partial charge in [-0.05, 0) is 42.2 Å². The summed E-state index contributed by atoms with van der Waals surface area (Å²) >= 11 is 0. The number of fused-ring (bicyclic) bond motifs is 1. The molecule has 3 rings (SSSR count). The van der Waals surface area contributed by atoms with Crippen LogP contribution in [0.4, 0.5) is 0 Å². The fraction of sp³-hybridized carbons (Fsp3) is 0.143. The zero-order valence-electron chi connectivity index (χ0n) is 9.84. The van der Waals surface area contributed by atoms with Gasteiger partial charge in [0.2, 0.25) is 5.91 Å². The smallest absolute Gasteiger partial charge is 0.248 e. The lowest BCUT2D eigenvalue weighted by Crippen LogP contribution is -2.12. The molecular weight excluding hydrogens is 226 g/mol. The highest BCUT2D eigenvalue weighted by Gasteiger charge is 2.13. The maximum Gasteiger partial charge on any atom is 0.248 e. The van der Waals surface area contributed by atoms with Gasteiger partial charge in [-0.15, -0.1) is 0 Å². The lowest BCUT2D eigenvalue weighted by molar-refractivity contribution is 0.1000. The molecule has 1 heterocycles. The lowest BCUT2D eigenvalue weighted by atomic mass is 9.93. The fourth-order valence-corrected chi connectivity index (χ4v) is 2.26. The topological polar surface area (TPSA) is 60.9 Å². The molecule has 0 fully saturated rings. The van der Waals surface area contributed by atoms with E-state index in [1.807, 2.05) is 22.9 Å². The molecule has 0 bridgehead atoms. The Morgan fingerprint density at radius 2 is 2.22 bits per heavy atom. The third-order valence-corrected chi connectivity index (χ3v) is 3.24. The molecule has 4 nitrogen and oxygen atoms in total. The van der Waals surface area contributed by atoms with Crippen molar-refractivity contribution in [2.24, 2.45) is 5.73 Å². The van der Waals surface area contributed by atoms with Crippen LogP contribution < -0.4 is 5.73 Å². The van der Waals surface area contributed by atoms with Crippen LogP contribution in [0.2, 0.25) is 0 Å². The number of imidazole rings is 1. The van der Waals surface area contributed by atoms with Crippen molar-refractivity contribution in [3.8, 4) is 0 Å². The van der Waals surface area contributed by atoms with E-state index in [9.17, 15) is 4.79 Å². The summed E-state index contributed by atoms with van der Waals surface area (Å²) in [4.78, 5) is 15.2. The summed E-state index contributed by atoms with van der Waals surface area (Å²) < 4.78 is 2.02. The van der Waals surface area contributed by atoms with E-state index < -0.39 is 0 Å². The molecule has 0 unspecified atom stereocenters. The summed E-state index contributed by atoms with van der Waals surface area (Å²) in [6.45, 7) is 0. The van der Waals surface area contributed by atoms with Gasteiger partial charge in [0.15, 0.2) is 0 Å². The number of aromatic nitrogens is 2. The van der Waals surface area contributed by atoms with Crippen molar-refractivity contribution in [2.75, 3.05) is 0 Å². The van der Waals surface area contributed by atoms with Gasteiger partial charge in [-0.2, -0.15) is 0 Å². The van der Waals surface area contributed by atoms with E-state index >= 15 is 0 Å². The van der Waals surface area contributed by atoms with E-state index in [1.54, 1.807) is 18.6 Å². The minimum absolute atomic E-state index is 0.373. The first-order chi connectivity index (χ1) is 8.74. The van der Waals surface area contributed by atoms with Gasteiger partial charge in [-0.1, -0.05) is 6.07 Å². The van der Waals surface area contributed by atoms with Gasteiger partial charge < -0.3 is 10.3 Å². The van der Waals surface area contributed by atoms with E-state index in [-0.39, 0.29) is 5.91 Å². The molecule has 0 aliphatic heterocycles. The van der Waals surface area contributed by atoms with Crippen LogP contribution in [0, 0.1) is 0 Å². The number of amides is 1. The highest BCUT2D eigenvalue weighted by atomic mass is 16.1. The Bertz CT molecular complexity index is 626. The molecule has 1 amide bonds. The number of carbonyl (C=O) groups excluding carboxylic acids is 1. The number of nitrogens with zero attached hydrogens (tertiary/aromatic N) is 2. The second-order valence-electron chi connectivity index (χ2n) is 4.38. The summed E-state index contributed by atoms with van der Waals surface area (Å²) in [5.41, 5.74) is 9.40. The highest BCUT2D eigenvalue weighted by molar-refractivity contribution is 5.93. The summed E-state index contributed by atoms with van der Waals surface area (Å²) in [5, 5.41) is 0. The summed E-state index contributed by atoms with van der Waals surface area (Å²) in [7, 11) is 0. The van der Waals surface area contributed by atoms with Crippen molar-refractivity contribution in [3.63, 3.8) is 0 Å². The van der Waals surface area contributed by atoms with Crippen molar-refractivity contribution in [2.45, 2.75) is 12.8 Å². The SMILES string of the molecule is NC(=O)c1ccc2c(c1)CCC(n1ccnc1)=C2. The van der Waals surface area contributed by atoms with Gasteiger partial charge in [0.05, 0.1) is 6.33 Å². The van der Waals surface area contributed by atoms with Crippen molar-refractivity contribution in [3.05, 3.63) is 53.6 Å². The first kappa shape index (κ1) is 10.8. The molecule has 0 atom stereocenters. The van der Waals surface area contributed by atoms with Crippen molar-refractivity contribution >= 4 is 17.7 Å². The average Bonchev–Trinajstić information content (AvgIpc) is 2.91. The van der Waals surface area contributed by atoms with Crippen LogP contribution in [-0.2, 0) is 6.42 Å². The van der Waals surface area contributed by atoms with E-state index in [2.05, 4.69) is 11.1 Å². The Hall–Kier alpha value is -2.36. The molecule has 1 aromatic heterocycles. The molecule has 0 radical (unpaired) electrons. The van der Waals surface area contributed by atoms with Crippen LogP contribution in [0.5, 0.6) is 0 Å². The van der Waals surface area contributed by atoms with Crippen LogP contribution in [0.15, 0.2) is 36.9 Å². The minimum atomic E-state index is -0.373. The molecule has 1 aliphatic rings. The van der Waals surface area contributed by atoms with Gasteiger partial charge >= 0.3 is 0 Å². The lowest BCUT2D eigenvalue weighted by Gasteiger charge is -2.17. The Morgan fingerprint density at radius 1 is 1.33 bits per heavy atom. The highest BCUT2D eigenvalue weighted by Crippen LogP contribution is 2.27. The Kier molecular flexibility index (Phi) is 2.48. The maximum absolute atomic E-state index is 11.1. The van der Waals surface area contributed by atoms with Crippen LogP contribution >= 0.6 is 0 Å². The Morgan fingerprint density at radius 3 is 2.94 bits per heavy atom. The van der Waals surface area contributed by atoms with Crippen molar-refractivity contribution in [1.82, 2.24) is 9.55 Å². The average molecular weight is 239 g/mol. The summed E-state index contributed by atoms with van der Waals surface area (Å²) in [6.07, 6.45) is 9.49. The second-order valence-corrected chi connectivity index (χ2v) is 4.38. The second kappa shape index (κ2) is 4.14. The standard InChI is InChI=1S/C14H13N3O/c15-14(18)12-2-1-11-8-13(4-3-10(11)7-12)17-6-5-16-9-17/h1-2,5-9H,3-4H2,(H2,15,18). The molecule has 0 spiro atoms. The molecule has 1 aromatic carbocycles. The predicted octanol–water partition coefficient (Wildman–Crippen LogP) is 1.93. The number of benzene rings is 1. The largest absolute Gasteiger partial charge is 0.366 e. The number of nitrogens with two attached hydrogens (primary N) is 1. The van der Waals surface area contributed by atoms with Crippen LogP contribution in [-0.4, -0.2) is 15.5 Å². The molecule has 2 aromatic rings. The van der Waals surface area contributed by atoms with Gasteiger partial charge in [0, 0.05) is 23.7 Å². The maximum atomic E-state index is 11.1. The molecule has 18 heavy (non-hydrogen) atoms. The number of primary amides is 1. The third kappa shape index (κ3) is 1.82. The monoisotopic (exact) mass is 239 g/mol. The summed E-state index contributed by atoms with van der Waals surface area (Å²) in [6, 6.07) is 5.61. The van der Waals surface area contributed by atoms with Crippen molar-refractivity contribution < 1.29 is 4.79 Å². The molecular formula is C14H13N3O. The van der Waals surface area contributed by atoms with Gasteiger partial charge in [-0.3, -0.25) is 4.79 Å². The van der Waals surface area contributed by atoms with E-state index in [0.29, 0.717) is 5.56 Å². The van der Waals surface area contributed by atoms with Gasteiger partial charge in [-0.25, -0.2) is 4.98 Å². The van der Waals surface area contributed by atoms with Crippen LogP contribution in [0.25, 0.3) is 11.8 Å². The summed E-state index contributed by atoms with van der Waals surface area (Å²) in [5.74, 6) is -0.373. The number of hydrogen-bond donors (Lipinski definition) is 1. The van der Waals surface area contributed by atoms with Crippen molar-refractivity contribution in [1.29, 1.82) is 0 Å². The predicted molar refractivity (Wildman–Crippen MR) is 69.7 cm³/mol. The number of rotatable bonds is 2. The van der Waals surface area contributed by atoms with E-state index in [1.165, 1.54) is 11.3 Å². The molecule has 1 aliphatic carbocycles. The number of allylic oxidation sites excluding steroid dienone is 1. The first-order valence-electron chi connectivity index (χ1n) is 5.86. The van der Waals surface area contributed by atoms with E-state index in [0.717, 1.165) is 18.4 Å². The zero-order valence-corrected chi connectivity index (χ0v) is 9.84. The normalized spacial score (nSPS) is 13.9. The van der Waals surface area contributed by atoms with Gasteiger partial charge in [0.25, 0.3) is 0 Å². The first-order valence-corrected chi connectivity index (χ1v) is 5.86. The third-order valence-electron chi connectivity index (χ3n) is 3.24. The van der Waals surface area contributed by atoms with E-state index in [4.69, 9.17) is 5.73 Å². The Labute approximate surface area is 105 Å². The number of hydrogen-bond acceptors (Lipinski definition) is 2. The molecule has 90 valence electrons. The molecule has 0 saturated carbocycles. The van der Waals surface area contributed by atoms with Crippen LogP contribution in [0.3, 0.4) is 0 Å². The minimum Gasteiger partial charge on any atom is -0.366 e. The van der Waals surface area contributed by atoms with Crippen LogP contribution in [0.1, 0.15) is 27.9 Å². The fourth-order valence-electron chi connectivity index (χ4n) is 2.26. The molecule has 2 N–H and O–H groups in total. The Balaban J connectivity index is 2.01.